The van der Waals surface area contributed by atoms with Crippen LogP contribution in [0, 0.1) is 5.92 Å². The van der Waals surface area contributed by atoms with Crippen LogP contribution in [-0.4, -0.2) is 62.5 Å². The highest BCUT2D eigenvalue weighted by Gasteiger charge is 2.42. The lowest BCUT2D eigenvalue weighted by Gasteiger charge is -2.39. The van der Waals surface area contributed by atoms with Gasteiger partial charge in [-0.2, -0.15) is 0 Å². The molecule has 1 aromatic rings. The number of carbonyl (C=O) groups is 2. The molecular formula is C20H26N2O5. The van der Waals surface area contributed by atoms with Crippen LogP contribution in [0.5, 0.6) is 5.75 Å². The molecule has 0 N–H and O–H groups in total. The highest BCUT2D eigenvalue weighted by Crippen LogP contribution is 2.34. The summed E-state index contributed by atoms with van der Waals surface area (Å²) in [6.07, 6.45) is 2.82. The number of likely N-dealkylation sites (tertiary alicyclic amines) is 1. The van der Waals surface area contributed by atoms with Gasteiger partial charge in [-0.25, -0.2) is 0 Å². The Morgan fingerprint density at radius 3 is 2.74 bits per heavy atom. The van der Waals surface area contributed by atoms with E-state index in [2.05, 4.69) is 0 Å². The fourth-order valence-electron chi connectivity index (χ4n) is 4.31. The molecule has 0 bridgehead atoms. The summed E-state index contributed by atoms with van der Waals surface area (Å²) in [6.45, 7) is 2.24. The highest BCUT2D eigenvalue weighted by molar-refractivity contribution is 6.01. The van der Waals surface area contributed by atoms with Crippen LogP contribution in [-0.2, 0) is 19.1 Å². The molecule has 3 saturated heterocycles. The molecule has 1 aromatic carbocycles. The largest absolute Gasteiger partial charge is 0.495 e. The van der Waals surface area contributed by atoms with Crippen molar-refractivity contribution >= 4 is 17.5 Å². The first-order chi connectivity index (χ1) is 13.2. The minimum absolute atomic E-state index is 0.0320. The minimum atomic E-state index is -0.343. The number of para-hydroxylation sites is 2. The van der Waals surface area contributed by atoms with Crippen molar-refractivity contribution in [2.75, 3.05) is 38.3 Å². The maximum absolute atomic E-state index is 13.2. The van der Waals surface area contributed by atoms with Crippen LogP contribution in [0.1, 0.15) is 25.7 Å². The summed E-state index contributed by atoms with van der Waals surface area (Å²) < 4.78 is 16.7. The van der Waals surface area contributed by atoms with Crippen LogP contribution in [0.2, 0.25) is 0 Å². The molecule has 0 saturated carbocycles. The number of hydrogen-bond acceptors (Lipinski definition) is 5. The Balaban J connectivity index is 1.50. The van der Waals surface area contributed by atoms with Crippen LogP contribution < -0.4 is 9.64 Å². The lowest BCUT2D eigenvalue weighted by Crippen LogP contribution is -2.52. The van der Waals surface area contributed by atoms with E-state index in [0.717, 1.165) is 24.9 Å². The Kier molecular flexibility index (Phi) is 5.31. The molecule has 146 valence electrons. The molecule has 7 heteroatoms. The normalized spacial score (nSPS) is 26.6. The summed E-state index contributed by atoms with van der Waals surface area (Å²) in [5.41, 5.74) is 0.720. The molecule has 3 fully saturated rings. The zero-order valence-corrected chi connectivity index (χ0v) is 15.6. The Hall–Kier alpha value is -2.12. The van der Waals surface area contributed by atoms with E-state index in [0.29, 0.717) is 32.1 Å². The van der Waals surface area contributed by atoms with Gasteiger partial charge >= 0.3 is 0 Å². The lowest BCUT2D eigenvalue weighted by molar-refractivity contribution is -0.154. The number of methoxy groups -OCH3 is 1. The predicted octanol–water partition coefficient (Wildman–Crippen LogP) is 1.80. The van der Waals surface area contributed by atoms with E-state index in [1.807, 2.05) is 29.2 Å². The van der Waals surface area contributed by atoms with Crippen molar-refractivity contribution in [3.8, 4) is 5.75 Å². The Morgan fingerprint density at radius 2 is 1.96 bits per heavy atom. The smallest absolute Gasteiger partial charge is 0.228 e. The molecule has 3 heterocycles. The number of anilines is 1. The number of hydrogen-bond donors (Lipinski definition) is 0. The zero-order valence-electron chi connectivity index (χ0n) is 15.6. The van der Waals surface area contributed by atoms with Crippen LogP contribution in [0.25, 0.3) is 0 Å². The van der Waals surface area contributed by atoms with E-state index >= 15 is 0 Å². The van der Waals surface area contributed by atoms with Gasteiger partial charge in [0, 0.05) is 19.5 Å². The summed E-state index contributed by atoms with van der Waals surface area (Å²) in [4.78, 5) is 29.4. The van der Waals surface area contributed by atoms with Gasteiger partial charge in [0.25, 0.3) is 0 Å². The van der Waals surface area contributed by atoms with E-state index in [-0.39, 0.29) is 36.5 Å². The number of piperidine rings is 1. The quantitative estimate of drug-likeness (QED) is 0.804. The monoisotopic (exact) mass is 374 g/mol. The number of benzene rings is 1. The third kappa shape index (κ3) is 3.53. The van der Waals surface area contributed by atoms with Crippen LogP contribution in [0.3, 0.4) is 0 Å². The van der Waals surface area contributed by atoms with Crippen molar-refractivity contribution in [1.29, 1.82) is 0 Å². The van der Waals surface area contributed by atoms with Gasteiger partial charge in [0.05, 0.1) is 38.0 Å². The van der Waals surface area contributed by atoms with Crippen LogP contribution >= 0.6 is 0 Å². The van der Waals surface area contributed by atoms with Crippen molar-refractivity contribution in [2.24, 2.45) is 5.92 Å². The molecule has 2 unspecified atom stereocenters. The van der Waals surface area contributed by atoms with E-state index in [4.69, 9.17) is 14.2 Å². The van der Waals surface area contributed by atoms with Crippen molar-refractivity contribution in [3.05, 3.63) is 24.3 Å². The summed E-state index contributed by atoms with van der Waals surface area (Å²) >= 11 is 0. The van der Waals surface area contributed by atoms with Crippen molar-refractivity contribution in [1.82, 2.24) is 4.90 Å². The molecule has 7 nitrogen and oxygen atoms in total. The maximum Gasteiger partial charge on any atom is 0.228 e. The number of nitrogens with zero attached hydrogens (tertiary/aromatic N) is 2. The van der Waals surface area contributed by atoms with Gasteiger partial charge in [0.2, 0.25) is 11.8 Å². The first-order valence-electron chi connectivity index (χ1n) is 9.66. The molecule has 27 heavy (non-hydrogen) atoms. The number of amides is 2. The third-order valence-corrected chi connectivity index (χ3v) is 5.64. The average Bonchev–Trinajstić information content (AvgIpc) is 3.37. The summed E-state index contributed by atoms with van der Waals surface area (Å²) in [5.74, 6) is 0.288. The van der Waals surface area contributed by atoms with Gasteiger partial charge < -0.3 is 24.0 Å². The van der Waals surface area contributed by atoms with E-state index in [9.17, 15) is 9.59 Å². The molecule has 0 spiro atoms. The van der Waals surface area contributed by atoms with Gasteiger partial charge in [0.1, 0.15) is 5.75 Å². The number of carbonyl (C=O) groups excluding carboxylic acids is 2. The minimum Gasteiger partial charge on any atom is -0.495 e. The van der Waals surface area contributed by atoms with Gasteiger partial charge in [-0.05, 0) is 31.4 Å². The fourth-order valence-corrected chi connectivity index (χ4v) is 4.31. The van der Waals surface area contributed by atoms with E-state index < -0.39 is 0 Å². The average molecular weight is 374 g/mol. The Bertz CT molecular complexity index is 703. The highest BCUT2D eigenvalue weighted by atomic mass is 16.7. The Labute approximate surface area is 159 Å². The van der Waals surface area contributed by atoms with Gasteiger partial charge in [0.15, 0.2) is 6.29 Å². The topological polar surface area (TPSA) is 68.3 Å². The molecule has 4 rings (SSSR count). The van der Waals surface area contributed by atoms with Gasteiger partial charge in [-0.3, -0.25) is 9.59 Å². The molecule has 2 atom stereocenters. The second-order valence-electron chi connectivity index (χ2n) is 7.28. The first kappa shape index (κ1) is 18.3. The van der Waals surface area contributed by atoms with Crippen LogP contribution in [0.15, 0.2) is 24.3 Å². The third-order valence-electron chi connectivity index (χ3n) is 5.64. The number of ether oxygens (including phenoxy) is 3. The number of rotatable bonds is 4. The van der Waals surface area contributed by atoms with E-state index in [1.54, 1.807) is 12.0 Å². The second-order valence-corrected chi connectivity index (χ2v) is 7.28. The Morgan fingerprint density at radius 1 is 1.19 bits per heavy atom. The van der Waals surface area contributed by atoms with Crippen molar-refractivity contribution < 1.29 is 23.8 Å². The molecule has 2 amide bonds. The fraction of sp³-hybridized carbons (Fsp3) is 0.600. The molecule has 0 aliphatic carbocycles. The maximum atomic E-state index is 13.2. The molecule has 0 radical (unpaired) electrons. The molecule has 3 aliphatic rings. The zero-order chi connectivity index (χ0) is 18.8. The standard InChI is InChI=1S/C20H26N2O5/c1-25-17-8-3-2-6-15(17)22-13-14(12-18(22)23)19(24)21-9-5-4-7-16(21)20-26-10-11-27-20/h2-3,6,8,14,16,20H,4-5,7,9-13H2,1H3. The van der Waals surface area contributed by atoms with Crippen molar-refractivity contribution in [2.45, 2.75) is 38.0 Å². The van der Waals surface area contributed by atoms with Crippen LogP contribution in [0.4, 0.5) is 5.69 Å². The second kappa shape index (κ2) is 7.86. The molecule has 3 aliphatic heterocycles. The molecule has 0 aromatic heterocycles. The van der Waals surface area contributed by atoms with E-state index in [1.165, 1.54) is 0 Å². The first-order valence-corrected chi connectivity index (χ1v) is 9.66. The summed E-state index contributed by atoms with van der Waals surface area (Å²) in [5, 5.41) is 0. The molecular weight excluding hydrogens is 348 g/mol. The van der Waals surface area contributed by atoms with Crippen molar-refractivity contribution in [3.63, 3.8) is 0 Å². The summed E-state index contributed by atoms with van der Waals surface area (Å²) in [7, 11) is 1.59. The van der Waals surface area contributed by atoms with Gasteiger partial charge in [-0.15, -0.1) is 0 Å². The SMILES string of the molecule is COc1ccccc1N1CC(C(=O)N2CCCCC2C2OCCO2)CC1=O. The summed E-state index contributed by atoms with van der Waals surface area (Å²) in [6, 6.07) is 7.37. The lowest BCUT2D eigenvalue weighted by atomic mass is 9.98. The predicted molar refractivity (Wildman–Crippen MR) is 98.5 cm³/mol. The van der Waals surface area contributed by atoms with Gasteiger partial charge in [-0.1, -0.05) is 12.1 Å².